The molecule has 0 saturated carbocycles. The molecule has 0 radical (unpaired) electrons. The van der Waals surface area contributed by atoms with E-state index in [0.717, 1.165) is 61.7 Å². The summed E-state index contributed by atoms with van der Waals surface area (Å²) in [5.41, 5.74) is 16.7. The molecule has 3 nitrogen and oxygen atoms in total. The number of hydrogen-bond donors (Lipinski definition) is 0. The molecule has 0 N–H and O–H groups in total. The molecular formula is C52H35NO2. The second-order valence-corrected chi connectivity index (χ2v) is 14.7. The maximum absolute atomic E-state index is 6.41. The molecule has 0 aliphatic carbocycles. The van der Waals surface area contributed by atoms with Gasteiger partial charge >= 0.3 is 0 Å². The van der Waals surface area contributed by atoms with E-state index in [1.54, 1.807) is 0 Å². The Balaban J connectivity index is 0.965. The van der Waals surface area contributed by atoms with Crippen LogP contribution in [0.4, 0.5) is 0 Å². The van der Waals surface area contributed by atoms with Crippen molar-refractivity contribution in [3.63, 3.8) is 0 Å². The number of nitrogens with zero attached hydrogens (tertiary/aromatic N) is 1. The lowest BCUT2D eigenvalue weighted by atomic mass is 9.97. The van der Waals surface area contributed by atoms with Crippen molar-refractivity contribution in [3.8, 4) is 27.9 Å². The average molecular weight is 706 g/mol. The topological polar surface area (TPSA) is 31.2 Å². The molecule has 0 unspecified atom stereocenters. The van der Waals surface area contributed by atoms with Crippen LogP contribution in [0.15, 0.2) is 179 Å². The van der Waals surface area contributed by atoms with Gasteiger partial charge in [0.15, 0.2) is 0 Å². The van der Waals surface area contributed by atoms with Crippen molar-refractivity contribution in [2.45, 2.75) is 13.3 Å². The second kappa shape index (κ2) is 12.2. The molecule has 0 spiro atoms. The van der Waals surface area contributed by atoms with Crippen LogP contribution in [0.2, 0.25) is 0 Å². The van der Waals surface area contributed by atoms with Crippen LogP contribution in [-0.4, -0.2) is 4.57 Å². The monoisotopic (exact) mass is 705 g/mol. The number of aryl methyl sites for hydroxylation is 1. The SMILES string of the molecule is C=Cc1ccc(-c2ccc3c(c2)c2ccccc2n3-c2ccc3oc4ccc(-c5cccc(Cc6ccc7c(c6)oc6ccc(C)cc67)c5)cc4c3c2)cc1. The minimum absolute atomic E-state index is 0.821. The van der Waals surface area contributed by atoms with Crippen LogP contribution in [0, 0.1) is 6.92 Å². The van der Waals surface area contributed by atoms with Crippen LogP contribution in [-0.2, 0) is 6.42 Å². The van der Waals surface area contributed by atoms with Gasteiger partial charge in [-0.05, 0) is 119 Å². The molecule has 0 atom stereocenters. The van der Waals surface area contributed by atoms with Crippen molar-refractivity contribution >= 4 is 71.8 Å². The van der Waals surface area contributed by atoms with Gasteiger partial charge in [-0.1, -0.05) is 115 Å². The molecule has 11 rings (SSSR count). The van der Waals surface area contributed by atoms with E-state index in [1.165, 1.54) is 60.6 Å². The molecule has 0 amide bonds. The predicted molar refractivity (Wildman–Crippen MR) is 230 cm³/mol. The highest BCUT2D eigenvalue weighted by Gasteiger charge is 2.16. The fraction of sp³-hybridized carbons (Fsp3) is 0.0385. The molecule has 55 heavy (non-hydrogen) atoms. The zero-order valence-electron chi connectivity index (χ0n) is 30.3. The third kappa shape index (κ3) is 5.20. The lowest BCUT2D eigenvalue weighted by Gasteiger charge is -2.09. The van der Waals surface area contributed by atoms with Gasteiger partial charge < -0.3 is 13.4 Å². The second-order valence-electron chi connectivity index (χ2n) is 14.7. The molecule has 3 heteroatoms. The maximum Gasteiger partial charge on any atom is 0.135 e. The van der Waals surface area contributed by atoms with E-state index in [4.69, 9.17) is 8.83 Å². The molecular weight excluding hydrogens is 671 g/mol. The van der Waals surface area contributed by atoms with E-state index in [2.05, 4.69) is 182 Å². The molecule has 0 aliphatic rings. The third-order valence-corrected chi connectivity index (χ3v) is 11.2. The Kier molecular flexibility index (Phi) is 6.99. The van der Waals surface area contributed by atoms with Crippen LogP contribution in [0.25, 0.3) is 99.7 Å². The van der Waals surface area contributed by atoms with Gasteiger partial charge in [0, 0.05) is 38.0 Å². The zero-order chi connectivity index (χ0) is 36.6. The van der Waals surface area contributed by atoms with Crippen molar-refractivity contribution in [3.05, 3.63) is 193 Å². The summed E-state index contributed by atoms with van der Waals surface area (Å²) in [5, 5.41) is 7.01. The van der Waals surface area contributed by atoms with Crippen LogP contribution >= 0.6 is 0 Å². The van der Waals surface area contributed by atoms with E-state index >= 15 is 0 Å². The summed E-state index contributed by atoms with van der Waals surface area (Å²) >= 11 is 0. The summed E-state index contributed by atoms with van der Waals surface area (Å²) in [6.45, 7) is 6.03. The van der Waals surface area contributed by atoms with Gasteiger partial charge in [-0.3, -0.25) is 0 Å². The first-order chi connectivity index (χ1) is 27.1. The smallest absolute Gasteiger partial charge is 0.135 e. The minimum Gasteiger partial charge on any atom is -0.456 e. The fourth-order valence-corrected chi connectivity index (χ4v) is 8.47. The molecule has 0 saturated heterocycles. The molecule has 8 aromatic carbocycles. The van der Waals surface area contributed by atoms with Crippen molar-refractivity contribution in [2.75, 3.05) is 0 Å². The van der Waals surface area contributed by atoms with Crippen LogP contribution in [0.5, 0.6) is 0 Å². The number of furan rings is 2. The standard InChI is InChI=1S/C52H35NO2/c1-3-33-12-15-36(16-13-33)38-17-21-48-43(29-38)41-9-4-5-10-47(41)53(48)40-19-24-51-46(31-40)45-30-39(18-23-50(45)54-51)37-8-6-7-34(27-37)26-35-14-20-42-44-25-32(2)11-22-49(44)55-52(42)28-35/h3-25,27-31H,1,26H2,2H3. The first kappa shape index (κ1) is 31.4. The highest BCUT2D eigenvalue weighted by molar-refractivity contribution is 6.12. The van der Waals surface area contributed by atoms with E-state index in [-0.39, 0.29) is 0 Å². The van der Waals surface area contributed by atoms with Crippen LogP contribution in [0.3, 0.4) is 0 Å². The van der Waals surface area contributed by atoms with Gasteiger partial charge in [-0.15, -0.1) is 0 Å². The Morgan fingerprint density at radius 2 is 1.11 bits per heavy atom. The highest BCUT2D eigenvalue weighted by atomic mass is 16.3. The number of aromatic nitrogens is 1. The van der Waals surface area contributed by atoms with E-state index in [9.17, 15) is 0 Å². The Bertz CT molecular complexity index is 3320. The minimum atomic E-state index is 0.821. The van der Waals surface area contributed by atoms with Crippen molar-refractivity contribution in [1.29, 1.82) is 0 Å². The molecule has 3 aromatic heterocycles. The Morgan fingerprint density at radius 1 is 0.455 bits per heavy atom. The normalized spacial score (nSPS) is 11.9. The largest absolute Gasteiger partial charge is 0.456 e. The van der Waals surface area contributed by atoms with E-state index in [1.807, 2.05) is 6.08 Å². The number of hydrogen-bond acceptors (Lipinski definition) is 2. The van der Waals surface area contributed by atoms with Gasteiger partial charge in [-0.25, -0.2) is 0 Å². The molecule has 3 heterocycles. The Labute approximate surface area is 318 Å². The van der Waals surface area contributed by atoms with Gasteiger partial charge in [0.2, 0.25) is 0 Å². The van der Waals surface area contributed by atoms with Gasteiger partial charge in [-0.2, -0.15) is 0 Å². The Morgan fingerprint density at radius 3 is 1.98 bits per heavy atom. The number of fused-ring (bicyclic) bond motifs is 9. The van der Waals surface area contributed by atoms with Crippen molar-refractivity contribution < 1.29 is 8.83 Å². The third-order valence-electron chi connectivity index (χ3n) is 11.2. The van der Waals surface area contributed by atoms with Crippen LogP contribution in [0.1, 0.15) is 22.3 Å². The van der Waals surface area contributed by atoms with Gasteiger partial charge in [0.1, 0.15) is 22.3 Å². The quantitative estimate of drug-likeness (QED) is 0.172. The first-order valence-electron chi connectivity index (χ1n) is 18.8. The molecule has 0 aliphatic heterocycles. The maximum atomic E-state index is 6.41. The summed E-state index contributed by atoms with van der Waals surface area (Å²) < 4.78 is 15.0. The van der Waals surface area contributed by atoms with E-state index < -0.39 is 0 Å². The molecule has 260 valence electrons. The zero-order valence-corrected chi connectivity index (χ0v) is 30.3. The Hall–Kier alpha value is -7.10. The summed E-state index contributed by atoms with van der Waals surface area (Å²) in [7, 11) is 0. The average Bonchev–Trinajstić information content (AvgIpc) is 3.89. The first-order valence-corrected chi connectivity index (χ1v) is 18.8. The molecule has 11 aromatic rings. The number of benzene rings is 8. The van der Waals surface area contributed by atoms with Crippen molar-refractivity contribution in [2.24, 2.45) is 0 Å². The fourth-order valence-electron chi connectivity index (χ4n) is 8.47. The van der Waals surface area contributed by atoms with E-state index in [0.29, 0.717) is 0 Å². The number of rotatable bonds is 6. The predicted octanol–water partition coefficient (Wildman–Crippen LogP) is 14.5. The van der Waals surface area contributed by atoms with Crippen molar-refractivity contribution in [1.82, 2.24) is 4.57 Å². The molecule has 0 fully saturated rings. The van der Waals surface area contributed by atoms with Crippen LogP contribution < -0.4 is 0 Å². The highest BCUT2D eigenvalue weighted by Crippen LogP contribution is 2.39. The summed E-state index contributed by atoms with van der Waals surface area (Å²) in [5.74, 6) is 0. The molecule has 0 bridgehead atoms. The summed E-state index contributed by atoms with van der Waals surface area (Å²) in [6.07, 6.45) is 2.70. The lowest BCUT2D eigenvalue weighted by molar-refractivity contribution is 0.668. The number of para-hydroxylation sites is 1. The summed E-state index contributed by atoms with van der Waals surface area (Å²) in [6, 6.07) is 59.1. The van der Waals surface area contributed by atoms with Gasteiger partial charge in [0.05, 0.1) is 11.0 Å². The summed E-state index contributed by atoms with van der Waals surface area (Å²) in [4.78, 5) is 0. The van der Waals surface area contributed by atoms with Gasteiger partial charge in [0.25, 0.3) is 0 Å². The lowest BCUT2D eigenvalue weighted by Crippen LogP contribution is -1.93.